The van der Waals surface area contributed by atoms with Crippen molar-refractivity contribution in [3.63, 3.8) is 0 Å². The molecule has 6 nitrogen and oxygen atoms in total. The van der Waals surface area contributed by atoms with Crippen molar-refractivity contribution in [3.05, 3.63) is 30.3 Å². The summed E-state index contributed by atoms with van der Waals surface area (Å²) >= 11 is 0. The third-order valence-corrected chi connectivity index (χ3v) is 3.19. The molecule has 1 aromatic carbocycles. The SMILES string of the molecule is O=S(=O)(ON(CCO)CCO)c1ccccc1. The van der Waals surface area contributed by atoms with Crippen molar-refractivity contribution in [1.29, 1.82) is 0 Å². The van der Waals surface area contributed by atoms with Crippen molar-refractivity contribution >= 4 is 10.1 Å². The van der Waals surface area contributed by atoms with Gasteiger partial charge in [0.05, 0.1) is 18.1 Å². The van der Waals surface area contributed by atoms with Crippen LogP contribution in [-0.2, 0) is 14.4 Å². The molecule has 1 rings (SSSR count). The summed E-state index contributed by atoms with van der Waals surface area (Å²) in [5.41, 5.74) is 0. The zero-order valence-corrected chi connectivity index (χ0v) is 10.0. The average Bonchev–Trinajstić information content (AvgIpc) is 2.30. The normalized spacial score (nSPS) is 11.9. The molecule has 0 unspecified atom stereocenters. The summed E-state index contributed by atoms with van der Waals surface area (Å²) < 4.78 is 28.3. The number of nitrogens with zero attached hydrogens (tertiary/aromatic N) is 1. The van der Waals surface area contributed by atoms with Crippen LogP contribution in [0.2, 0.25) is 0 Å². The number of benzene rings is 1. The van der Waals surface area contributed by atoms with E-state index in [4.69, 9.17) is 14.5 Å². The average molecular weight is 261 g/mol. The van der Waals surface area contributed by atoms with E-state index in [9.17, 15) is 8.42 Å². The Morgan fingerprint density at radius 2 is 1.59 bits per heavy atom. The Morgan fingerprint density at radius 1 is 1.06 bits per heavy atom. The predicted molar refractivity (Wildman–Crippen MR) is 60.5 cm³/mol. The zero-order valence-electron chi connectivity index (χ0n) is 9.19. The Hall–Kier alpha value is -0.990. The lowest BCUT2D eigenvalue weighted by molar-refractivity contribution is -0.0696. The molecule has 0 bridgehead atoms. The topological polar surface area (TPSA) is 87.1 Å². The van der Waals surface area contributed by atoms with E-state index in [0.717, 1.165) is 5.06 Å². The molecule has 0 atom stereocenters. The Labute approximate surface area is 100 Å². The molecule has 0 aliphatic carbocycles. The van der Waals surface area contributed by atoms with Crippen LogP contribution in [0.3, 0.4) is 0 Å². The van der Waals surface area contributed by atoms with Crippen molar-refractivity contribution in [3.8, 4) is 0 Å². The second-order valence-electron chi connectivity index (χ2n) is 3.22. The minimum atomic E-state index is -3.90. The molecule has 0 saturated heterocycles. The van der Waals surface area contributed by atoms with Crippen molar-refractivity contribution in [1.82, 2.24) is 5.06 Å². The Morgan fingerprint density at radius 3 is 2.06 bits per heavy atom. The highest BCUT2D eigenvalue weighted by Gasteiger charge is 2.19. The fourth-order valence-electron chi connectivity index (χ4n) is 1.18. The van der Waals surface area contributed by atoms with Crippen LogP contribution in [0.1, 0.15) is 0 Å². The summed E-state index contributed by atoms with van der Waals surface area (Å²) in [6.45, 7) is -0.506. The van der Waals surface area contributed by atoms with Gasteiger partial charge in [-0.05, 0) is 12.1 Å². The van der Waals surface area contributed by atoms with Gasteiger partial charge in [0.15, 0.2) is 0 Å². The first kappa shape index (κ1) is 14.1. The molecule has 0 aliphatic rings. The number of hydrogen-bond acceptors (Lipinski definition) is 6. The smallest absolute Gasteiger partial charge is 0.313 e. The third-order valence-electron chi connectivity index (χ3n) is 1.93. The maximum absolute atomic E-state index is 11.8. The van der Waals surface area contributed by atoms with Gasteiger partial charge in [-0.2, -0.15) is 17.8 Å². The highest BCUT2D eigenvalue weighted by Crippen LogP contribution is 2.12. The molecular weight excluding hydrogens is 246 g/mol. The fraction of sp³-hybridized carbons (Fsp3) is 0.400. The fourth-order valence-corrected chi connectivity index (χ4v) is 2.18. The van der Waals surface area contributed by atoms with Crippen LogP contribution in [-0.4, -0.2) is 50.0 Å². The second kappa shape index (κ2) is 6.67. The van der Waals surface area contributed by atoms with Gasteiger partial charge in [-0.3, -0.25) is 0 Å². The van der Waals surface area contributed by atoms with Gasteiger partial charge in [0.2, 0.25) is 0 Å². The summed E-state index contributed by atoms with van der Waals surface area (Å²) in [4.78, 5) is 0.0286. The number of hydroxylamine groups is 2. The summed E-state index contributed by atoms with van der Waals surface area (Å²) in [5.74, 6) is 0. The molecule has 0 aliphatic heterocycles. The van der Waals surface area contributed by atoms with Crippen LogP contribution in [0.4, 0.5) is 0 Å². The molecule has 2 N–H and O–H groups in total. The van der Waals surface area contributed by atoms with E-state index in [1.165, 1.54) is 12.1 Å². The van der Waals surface area contributed by atoms with Crippen LogP contribution < -0.4 is 0 Å². The summed E-state index contributed by atoms with van der Waals surface area (Å²) in [5, 5.41) is 18.5. The molecular formula is C10H15NO5S. The molecule has 0 aromatic heterocycles. The largest absolute Gasteiger partial charge is 0.395 e. The number of rotatable bonds is 7. The summed E-state index contributed by atoms with van der Waals surface area (Å²) in [6.07, 6.45) is 0. The van der Waals surface area contributed by atoms with E-state index in [1.807, 2.05) is 0 Å². The van der Waals surface area contributed by atoms with Crippen molar-refractivity contribution < 1.29 is 22.9 Å². The summed E-state index contributed by atoms with van der Waals surface area (Å²) in [6, 6.07) is 7.67. The quantitative estimate of drug-likeness (QED) is 0.649. The molecule has 0 fully saturated rings. The maximum atomic E-state index is 11.8. The maximum Gasteiger partial charge on any atom is 0.313 e. The van der Waals surface area contributed by atoms with E-state index >= 15 is 0 Å². The third kappa shape index (κ3) is 4.41. The molecule has 0 heterocycles. The van der Waals surface area contributed by atoms with Gasteiger partial charge < -0.3 is 10.2 Å². The lowest BCUT2D eigenvalue weighted by atomic mass is 10.4. The monoisotopic (exact) mass is 261 g/mol. The highest BCUT2D eigenvalue weighted by molar-refractivity contribution is 7.86. The number of aliphatic hydroxyl groups is 2. The van der Waals surface area contributed by atoms with Crippen molar-refractivity contribution in [2.45, 2.75) is 4.90 Å². The van der Waals surface area contributed by atoms with Crippen LogP contribution >= 0.6 is 0 Å². The first-order valence-electron chi connectivity index (χ1n) is 5.06. The van der Waals surface area contributed by atoms with E-state index in [-0.39, 0.29) is 31.2 Å². The lowest BCUT2D eigenvalue weighted by Crippen LogP contribution is -2.32. The van der Waals surface area contributed by atoms with Gasteiger partial charge in [0.1, 0.15) is 0 Å². The summed E-state index contributed by atoms with van der Waals surface area (Å²) in [7, 11) is -3.90. The minimum Gasteiger partial charge on any atom is -0.395 e. The van der Waals surface area contributed by atoms with Gasteiger partial charge >= 0.3 is 10.1 Å². The van der Waals surface area contributed by atoms with E-state index in [2.05, 4.69) is 0 Å². The molecule has 0 amide bonds. The first-order valence-corrected chi connectivity index (χ1v) is 6.47. The molecule has 0 radical (unpaired) electrons. The molecule has 96 valence electrons. The number of aliphatic hydroxyl groups excluding tert-OH is 2. The van der Waals surface area contributed by atoms with Gasteiger partial charge in [0.25, 0.3) is 0 Å². The van der Waals surface area contributed by atoms with E-state index in [1.54, 1.807) is 18.2 Å². The van der Waals surface area contributed by atoms with Crippen molar-refractivity contribution in [2.24, 2.45) is 0 Å². The molecule has 0 spiro atoms. The Balaban J connectivity index is 2.77. The molecule has 0 saturated carbocycles. The van der Waals surface area contributed by atoms with Crippen molar-refractivity contribution in [2.75, 3.05) is 26.3 Å². The van der Waals surface area contributed by atoms with Crippen LogP contribution in [0.25, 0.3) is 0 Å². The zero-order chi connectivity index (χ0) is 12.7. The molecule has 17 heavy (non-hydrogen) atoms. The van der Waals surface area contributed by atoms with Gasteiger partial charge in [-0.25, -0.2) is 0 Å². The highest BCUT2D eigenvalue weighted by atomic mass is 32.2. The standard InChI is InChI=1S/C10H15NO5S/c12-8-6-11(7-9-13)16-17(14,15)10-4-2-1-3-5-10/h1-5,12-13H,6-9H2. The van der Waals surface area contributed by atoms with Gasteiger partial charge in [0, 0.05) is 13.1 Å². The van der Waals surface area contributed by atoms with Gasteiger partial charge in [-0.15, -0.1) is 0 Å². The van der Waals surface area contributed by atoms with Crippen LogP contribution in [0, 0.1) is 0 Å². The number of hydrogen-bond donors (Lipinski definition) is 2. The Kier molecular flexibility index (Phi) is 5.52. The Bertz CT molecular complexity index is 414. The van der Waals surface area contributed by atoms with E-state index in [0.29, 0.717) is 0 Å². The minimum absolute atomic E-state index is 0.00657. The van der Waals surface area contributed by atoms with Crippen LogP contribution in [0.5, 0.6) is 0 Å². The van der Waals surface area contributed by atoms with Gasteiger partial charge in [-0.1, -0.05) is 18.2 Å². The lowest BCUT2D eigenvalue weighted by Gasteiger charge is -2.18. The molecule has 7 heteroatoms. The second-order valence-corrected chi connectivity index (χ2v) is 4.75. The first-order chi connectivity index (χ1) is 8.10. The van der Waals surface area contributed by atoms with E-state index < -0.39 is 10.1 Å². The molecule has 1 aromatic rings. The van der Waals surface area contributed by atoms with Crippen LogP contribution in [0.15, 0.2) is 35.2 Å². The predicted octanol–water partition coefficient (Wildman–Crippen LogP) is -0.407.